The number of aromatic nitrogens is 5. The number of halogens is 1. The smallest absolute Gasteiger partial charge is 0.169 e. The molecule has 34 heavy (non-hydrogen) atoms. The van der Waals surface area contributed by atoms with Crippen molar-refractivity contribution in [2.24, 2.45) is 7.05 Å². The van der Waals surface area contributed by atoms with E-state index < -0.39 is 5.60 Å². The number of rotatable bonds is 5. The van der Waals surface area contributed by atoms with Crippen LogP contribution in [0.15, 0.2) is 54.7 Å². The number of aryl methyl sites for hydroxylation is 3. The highest BCUT2D eigenvalue weighted by atomic mass is 35.5. The Hall–Kier alpha value is -3.33. The van der Waals surface area contributed by atoms with Gasteiger partial charge in [-0.25, -0.2) is 14.6 Å². The molecule has 0 spiro atoms. The molecule has 0 saturated heterocycles. The highest BCUT2D eigenvalue weighted by Gasteiger charge is 2.41. The monoisotopic (exact) mass is 491 g/mol. The third-order valence-corrected chi connectivity index (χ3v) is 7.35. The third-order valence-electron chi connectivity index (χ3n) is 5.89. The van der Waals surface area contributed by atoms with Crippen molar-refractivity contribution in [3.05, 3.63) is 86.7 Å². The van der Waals surface area contributed by atoms with Crippen LogP contribution in [-0.2, 0) is 12.6 Å². The van der Waals surface area contributed by atoms with Gasteiger partial charge in [0.1, 0.15) is 16.6 Å². The van der Waals surface area contributed by atoms with E-state index in [9.17, 15) is 5.11 Å². The fourth-order valence-corrected chi connectivity index (χ4v) is 5.70. The molecule has 1 N–H and O–H groups in total. The van der Waals surface area contributed by atoms with Crippen molar-refractivity contribution < 1.29 is 9.84 Å². The first-order valence-electron chi connectivity index (χ1n) is 10.6. The predicted molar refractivity (Wildman–Crippen MR) is 133 cm³/mol. The molecule has 0 aliphatic rings. The molecule has 1 atom stereocenters. The summed E-state index contributed by atoms with van der Waals surface area (Å²) < 4.78 is 7.44. The summed E-state index contributed by atoms with van der Waals surface area (Å²) in [5.74, 6) is 0.589. The summed E-state index contributed by atoms with van der Waals surface area (Å²) in [6.07, 6.45) is 1.57. The lowest BCUT2D eigenvalue weighted by atomic mass is 9.87. The van der Waals surface area contributed by atoms with E-state index in [-0.39, 0.29) is 0 Å². The van der Waals surface area contributed by atoms with Gasteiger partial charge in [0, 0.05) is 12.4 Å². The van der Waals surface area contributed by atoms with Crippen molar-refractivity contribution in [1.29, 1.82) is 0 Å². The van der Waals surface area contributed by atoms with Crippen molar-refractivity contribution in [3.63, 3.8) is 0 Å². The second-order valence-corrected chi connectivity index (χ2v) is 9.57. The number of aliphatic hydroxyl groups is 1. The Balaban J connectivity index is 1.83. The van der Waals surface area contributed by atoms with E-state index >= 15 is 0 Å². The van der Waals surface area contributed by atoms with Crippen molar-refractivity contribution in [2.75, 3.05) is 7.11 Å². The number of methoxy groups -OCH3 is 1. The van der Waals surface area contributed by atoms with Crippen LogP contribution in [0.2, 0.25) is 5.15 Å². The van der Waals surface area contributed by atoms with Crippen LogP contribution in [0.5, 0.6) is 5.75 Å². The Labute approximate surface area is 205 Å². The Morgan fingerprint density at radius 3 is 2.47 bits per heavy atom. The maximum absolute atomic E-state index is 12.3. The van der Waals surface area contributed by atoms with E-state index in [0.29, 0.717) is 38.1 Å². The molecular weight excluding hydrogens is 470 g/mol. The van der Waals surface area contributed by atoms with Crippen LogP contribution in [0.4, 0.5) is 0 Å². The molecule has 1 unspecified atom stereocenters. The van der Waals surface area contributed by atoms with Crippen LogP contribution in [0.1, 0.15) is 26.8 Å². The second kappa shape index (κ2) is 8.47. The number of hydrogen-bond acceptors (Lipinski definition) is 7. The fraction of sp³-hybridized carbons (Fsp3) is 0.200. The van der Waals surface area contributed by atoms with Gasteiger partial charge < -0.3 is 9.84 Å². The van der Waals surface area contributed by atoms with Gasteiger partial charge in [0.05, 0.1) is 40.0 Å². The Bertz CT molecular complexity index is 1520. The van der Waals surface area contributed by atoms with Crippen molar-refractivity contribution >= 4 is 33.8 Å². The molecule has 0 saturated carbocycles. The summed E-state index contributed by atoms with van der Waals surface area (Å²) in [6.45, 7) is 3.81. The third kappa shape index (κ3) is 3.46. The summed E-state index contributed by atoms with van der Waals surface area (Å²) in [5.41, 5.74) is 2.63. The molecule has 3 heterocycles. The number of pyridine rings is 1. The molecule has 0 bridgehead atoms. The van der Waals surface area contributed by atoms with Crippen molar-refractivity contribution in [2.45, 2.75) is 19.4 Å². The summed E-state index contributed by atoms with van der Waals surface area (Å²) >= 11 is 8.05. The minimum atomic E-state index is -1.53. The molecule has 3 aromatic heterocycles. The molecule has 7 nitrogen and oxygen atoms in total. The number of benzene rings is 2. The van der Waals surface area contributed by atoms with Gasteiger partial charge in [0.25, 0.3) is 0 Å². The van der Waals surface area contributed by atoms with Gasteiger partial charge in [-0.15, -0.1) is 16.4 Å². The van der Waals surface area contributed by atoms with Crippen molar-refractivity contribution in [1.82, 2.24) is 25.0 Å². The molecule has 0 aliphatic heterocycles. The van der Waals surface area contributed by atoms with Gasteiger partial charge in [0.15, 0.2) is 5.60 Å². The number of ether oxygens (including phenoxy) is 1. The maximum atomic E-state index is 12.3. The molecule has 0 fully saturated rings. The van der Waals surface area contributed by atoms with E-state index in [1.54, 1.807) is 25.0 Å². The lowest BCUT2D eigenvalue weighted by Crippen LogP contribution is -2.31. The zero-order chi connectivity index (χ0) is 24.0. The van der Waals surface area contributed by atoms with Crippen LogP contribution in [0, 0.1) is 13.8 Å². The van der Waals surface area contributed by atoms with E-state index in [2.05, 4.69) is 20.3 Å². The largest absolute Gasteiger partial charge is 0.495 e. The van der Waals surface area contributed by atoms with E-state index in [1.165, 1.54) is 11.3 Å². The number of hydrogen-bond donors (Lipinski definition) is 1. The highest BCUT2D eigenvalue weighted by Crippen LogP contribution is 2.45. The molecule has 0 amide bonds. The van der Waals surface area contributed by atoms with E-state index in [0.717, 1.165) is 21.7 Å². The first-order valence-corrected chi connectivity index (χ1v) is 11.8. The van der Waals surface area contributed by atoms with Gasteiger partial charge in [-0.3, -0.25) is 0 Å². The predicted octanol–water partition coefficient (Wildman–Crippen LogP) is 5.05. The van der Waals surface area contributed by atoms with Crippen LogP contribution < -0.4 is 4.74 Å². The molecule has 0 aliphatic carbocycles. The molecule has 2 aromatic carbocycles. The van der Waals surface area contributed by atoms with Crippen LogP contribution in [-0.4, -0.2) is 37.2 Å². The van der Waals surface area contributed by atoms with Gasteiger partial charge in [-0.2, -0.15) is 0 Å². The minimum Gasteiger partial charge on any atom is -0.495 e. The first kappa shape index (κ1) is 22.5. The first-order chi connectivity index (χ1) is 16.3. The molecule has 9 heteroatoms. The van der Waals surface area contributed by atoms with Crippen LogP contribution in [0.25, 0.3) is 22.0 Å². The average molecular weight is 492 g/mol. The molecule has 172 valence electrons. The van der Waals surface area contributed by atoms with Crippen LogP contribution >= 0.6 is 22.9 Å². The molecule has 5 aromatic rings. The normalized spacial score (nSPS) is 13.2. The van der Waals surface area contributed by atoms with Gasteiger partial charge in [-0.1, -0.05) is 53.2 Å². The Morgan fingerprint density at radius 1 is 1.09 bits per heavy atom. The lowest BCUT2D eigenvalue weighted by molar-refractivity contribution is 0.119. The minimum absolute atomic E-state index is 0.350. The summed E-state index contributed by atoms with van der Waals surface area (Å²) in [6, 6.07) is 15.3. The quantitative estimate of drug-likeness (QED) is 0.346. The number of thiazole rings is 1. The van der Waals surface area contributed by atoms with E-state index in [4.69, 9.17) is 16.3 Å². The van der Waals surface area contributed by atoms with Gasteiger partial charge in [0.2, 0.25) is 0 Å². The molecular formula is C25H22ClN5O2S. The van der Waals surface area contributed by atoms with Gasteiger partial charge >= 0.3 is 0 Å². The topological polar surface area (TPSA) is 85.9 Å². The number of fused-ring (bicyclic) bond motifs is 1. The summed E-state index contributed by atoms with van der Waals surface area (Å²) in [5, 5.41) is 22.4. The SMILES string of the molecule is COc1c(-c2ccccc2)c(Cl)nc2ccc(C(O)(c3sc(C)nc3C)c3cnnn3C)cc12. The highest BCUT2D eigenvalue weighted by molar-refractivity contribution is 7.11. The van der Waals surface area contributed by atoms with Crippen LogP contribution in [0.3, 0.4) is 0 Å². The molecule has 0 radical (unpaired) electrons. The lowest BCUT2D eigenvalue weighted by Gasteiger charge is -2.28. The van der Waals surface area contributed by atoms with Crippen molar-refractivity contribution in [3.8, 4) is 16.9 Å². The zero-order valence-electron chi connectivity index (χ0n) is 19.1. The summed E-state index contributed by atoms with van der Waals surface area (Å²) in [7, 11) is 3.37. The Kier molecular flexibility index (Phi) is 5.59. The maximum Gasteiger partial charge on any atom is 0.169 e. The number of nitrogens with zero attached hydrogens (tertiary/aromatic N) is 5. The zero-order valence-corrected chi connectivity index (χ0v) is 20.6. The van der Waals surface area contributed by atoms with E-state index in [1.807, 2.05) is 62.4 Å². The standard InChI is InChI=1S/C25H22ClN5O2S/c1-14-23(34-15(2)28-14)25(32,20-13-27-30-31(20)3)17-10-11-19-18(12-17)22(33-4)21(24(26)29-19)16-8-6-5-7-9-16/h5-13,32H,1-4H3. The van der Waals surface area contributed by atoms with Gasteiger partial charge in [-0.05, 0) is 37.1 Å². The molecule has 5 rings (SSSR count). The summed E-state index contributed by atoms with van der Waals surface area (Å²) in [4.78, 5) is 9.89. The fourth-order valence-electron chi connectivity index (χ4n) is 4.38. The Morgan fingerprint density at radius 2 is 1.85 bits per heavy atom. The second-order valence-electron chi connectivity index (χ2n) is 8.01. The average Bonchev–Trinajstić information content (AvgIpc) is 3.42.